The van der Waals surface area contributed by atoms with E-state index in [1.54, 1.807) is 0 Å². The smallest absolute Gasteiger partial charge is 0.0679 e. The van der Waals surface area contributed by atoms with Crippen LogP contribution in [0.1, 0.15) is 19.8 Å². The summed E-state index contributed by atoms with van der Waals surface area (Å²) < 4.78 is 0. The average molecular weight is 155 g/mol. The molecule has 0 aromatic heterocycles. The molecule has 1 saturated heterocycles. The second-order valence-electron chi connectivity index (χ2n) is 3.45. The molecule has 0 radical (unpaired) electrons. The first-order valence-corrected chi connectivity index (χ1v) is 4.23. The van der Waals surface area contributed by atoms with Crippen LogP contribution >= 0.6 is 0 Å². The highest BCUT2D eigenvalue weighted by Crippen LogP contribution is 2.10. The molecule has 0 bridgehead atoms. The van der Waals surface area contributed by atoms with Crippen LogP contribution in [0.4, 0.5) is 0 Å². The minimum absolute atomic E-state index is 0.0832. The summed E-state index contributed by atoms with van der Waals surface area (Å²) in [5.74, 6) is 0. The van der Waals surface area contributed by atoms with Crippen molar-refractivity contribution in [2.75, 3.05) is 19.6 Å². The first kappa shape index (κ1) is 8.75. The van der Waals surface area contributed by atoms with E-state index in [0.29, 0.717) is 0 Å². The molecule has 1 atom stereocenters. The summed E-state index contributed by atoms with van der Waals surface area (Å²) in [6.07, 6.45) is 1.92. The maximum absolute atomic E-state index is 9.20. The normalized spacial score (nSPS) is 25.8. The minimum Gasteiger partial charge on any atom is -0.392 e. The second kappa shape index (κ2) is 3.88. The van der Waals surface area contributed by atoms with Crippen molar-refractivity contribution in [2.45, 2.75) is 25.9 Å². The van der Waals surface area contributed by atoms with Gasteiger partial charge in [0.05, 0.1) is 6.10 Å². The molecule has 11 heavy (non-hydrogen) atoms. The number of aliphatic hydroxyl groups is 1. The number of β-amino-alcohol motifs (C(OH)–C–C–N with tert-alkyl or cyclic N) is 1. The Kier molecular flexibility index (Phi) is 3.09. The van der Waals surface area contributed by atoms with Crippen LogP contribution in [0.15, 0.2) is 12.2 Å². The van der Waals surface area contributed by atoms with E-state index in [2.05, 4.69) is 11.5 Å². The predicted octanol–water partition coefficient (Wildman–Crippen LogP) is 1.02. The van der Waals surface area contributed by atoms with E-state index in [0.717, 1.165) is 32.5 Å². The predicted molar refractivity (Wildman–Crippen MR) is 46.5 cm³/mol. The number of aliphatic hydroxyl groups excluding tert-OH is 1. The quantitative estimate of drug-likeness (QED) is 0.615. The standard InChI is InChI=1S/C9H17NO/c1-8(2)3-5-10-6-4-9(11)7-10/h9,11H,1,3-7H2,2H3/t9-/m1/s1. The highest BCUT2D eigenvalue weighted by atomic mass is 16.3. The van der Waals surface area contributed by atoms with Gasteiger partial charge in [0.1, 0.15) is 0 Å². The summed E-state index contributed by atoms with van der Waals surface area (Å²) in [7, 11) is 0. The lowest BCUT2D eigenvalue weighted by molar-refractivity contribution is 0.177. The Bertz CT molecular complexity index is 144. The molecule has 1 fully saturated rings. The molecule has 1 aliphatic rings. The van der Waals surface area contributed by atoms with E-state index in [4.69, 9.17) is 0 Å². The van der Waals surface area contributed by atoms with Gasteiger partial charge >= 0.3 is 0 Å². The molecule has 0 unspecified atom stereocenters. The molecule has 1 aliphatic heterocycles. The lowest BCUT2D eigenvalue weighted by atomic mass is 10.2. The van der Waals surface area contributed by atoms with Crippen LogP contribution in [-0.4, -0.2) is 35.7 Å². The maximum atomic E-state index is 9.20. The monoisotopic (exact) mass is 155 g/mol. The molecule has 0 amide bonds. The lowest BCUT2D eigenvalue weighted by Crippen LogP contribution is -2.23. The molecule has 1 heterocycles. The number of likely N-dealkylation sites (tertiary alicyclic amines) is 1. The van der Waals surface area contributed by atoms with Crippen molar-refractivity contribution < 1.29 is 5.11 Å². The van der Waals surface area contributed by atoms with Crippen molar-refractivity contribution in [3.8, 4) is 0 Å². The van der Waals surface area contributed by atoms with Crippen molar-refractivity contribution in [3.63, 3.8) is 0 Å². The number of hydrogen-bond acceptors (Lipinski definition) is 2. The van der Waals surface area contributed by atoms with Crippen molar-refractivity contribution in [3.05, 3.63) is 12.2 Å². The molecule has 0 aliphatic carbocycles. The highest BCUT2D eigenvalue weighted by molar-refractivity contribution is 4.89. The summed E-state index contributed by atoms with van der Waals surface area (Å²) in [4.78, 5) is 2.29. The largest absolute Gasteiger partial charge is 0.392 e. The van der Waals surface area contributed by atoms with Crippen LogP contribution in [-0.2, 0) is 0 Å². The Morgan fingerprint density at radius 2 is 2.45 bits per heavy atom. The van der Waals surface area contributed by atoms with Gasteiger partial charge in [-0.05, 0) is 19.8 Å². The van der Waals surface area contributed by atoms with Gasteiger partial charge in [-0.25, -0.2) is 0 Å². The van der Waals surface area contributed by atoms with Gasteiger partial charge in [0, 0.05) is 19.6 Å². The third-order valence-corrected chi connectivity index (χ3v) is 2.10. The van der Waals surface area contributed by atoms with Gasteiger partial charge in [-0.3, -0.25) is 0 Å². The molecule has 0 aromatic rings. The van der Waals surface area contributed by atoms with Gasteiger partial charge < -0.3 is 10.0 Å². The second-order valence-corrected chi connectivity index (χ2v) is 3.45. The fourth-order valence-corrected chi connectivity index (χ4v) is 1.36. The molecule has 2 nitrogen and oxygen atoms in total. The highest BCUT2D eigenvalue weighted by Gasteiger charge is 2.18. The van der Waals surface area contributed by atoms with Crippen molar-refractivity contribution in [1.82, 2.24) is 4.90 Å². The van der Waals surface area contributed by atoms with E-state index in [1.165, 1.54) is 5.57 Å². The summed E-state index contributed by atoms with van der Waals surface area (Å²) in [5.41, 5.74) is 1.23. The van der Waals surface area contributed by atoms with Gasteiger partial charge in [-0.1, -0.05) is 5.57 Å². The van der Waals surface area contributed by atoms with E-state index in [1.807, 2.05) is 6.92 Å². The fourth-order valence-electron chi connectivity index (χ4n) is 1.36. The number of nitrogens with zero attached hydrogens (tertiary/aromatic N) is 1. The summed E-state index contributed by atoms with van der Waals surface area (Å²) >= 11 is 0. The molecule has 1 N–H and O–H groups in total. The molecule has 1 rings (SSSR count). The van der Waals surface area contributed by atoms with Crippen LogP contribution in [0.2, 0.25) is 0 Å². The third-order valence-electron chi connectivity index (χ3n) is 2.10. The van der Waals surface area contributed by atoms with Gasteiger partial charge in [-0.2, -0.15) is 0 Å². The lowest BCUT2D eigenvalue weighted by Gasteiger charge is -2.13. The molecule has 2 heteroatoms. The van der Waals surface area contributed by atoms with E-state index in [-0.39, 0.29) is 6.10 Å². The van der Waals surface area contributed by atoms with Gasteiger partial charge in [0.15, 0.2) is 0 Å². The summed E-state index contributed by atoms with van der Waals surface area (Å²) in [6.45, 7) is 8.86. The zero-order chi connectivity index (χ0) is 8.27. The Labute approximate surface area is 68.5 Å². The van der Waals surface area contributed by atoms with E-state index < -0.39 is 0 Å². The van der Waals surface area contributed by atoms with Crippen LogP contribution in [0.25, 0.3) is 0 Å². The maximum Gasteiger partial charge on any atom is 0.0679 e. The van der Waals surface area contributed by atoms with Gasteiger partial charge in [-0.15, -0.1) is 6.58 Å². The van der Waals surface area contributed by atoms with Crippen LogP contribution < -0.4 is 0 Å². The van der Waals surface area contributed by atoms with Crippen molar-refractivity contribution >= 4 is 0 Å². The number of rotatable bonds is 3. The zero-order valence-corrected chi connectivity index (χ0v) is 7.21. The SMILES string of the molecule is C=C(C)CCN1CC[C@@H](O)C1. The topological polar surface area (TPSA) is 23.5 Å². The van der Waals surface area contributed by atoms with Crippen LogP contribution in [0.3, 0.4) is 0 Å². The fraction of sp³-hybridized carbons (Fsp3) is 0.778. The first-order valence-electron chi connectivity index (χ1n) is 4.23. The number of hydrogen-bond donors (Lipinski definition) is 1. The Hall–Kier alpha value is -0.340. The first-order chi connectivity index (χ1) is 5.18. The molecule has 0 aromatic carbocycles. The minimum atomic E-state index is -0.0832. The molecular weight excluding hydrogens is 138 g/mol. The Morgan fingerprint density at radius 3 is 2.91 bits per heavy atom. The van der Waals surface area contributed by atoms with E-state index >= 15 is 0 Å². The summed E-state index contributed by atoms with van der Waals surface area (Å²) in [6, 6.07) is 0. The van der Waals surface area contributed by atoms with Gasteiger partial charge in [0.2, 0.25) is 0 Å². The summed E-state index contributed by atoms with van der Waals surface area (Å²) in [5, 5.41) is 9.20. The third kappa shape index (κ3) is 3.04. The van der Waals surface area contributed by atoms with Gasteiger partial charge in [0.25, 0.3) is 0 Å². The van der Waals surface area contributed by atoms with Crippen LogP contribution in [0, 0.1) is 0 Å². The van der Waals surface area contributed by atoms with Crippen molar-refractivity contribution in [2.24, 2.45) is 0 Å². The molecular formula is C9H17NO. The molecule has 0 spiro atoms. The Morgan fingerprint density at radius 1 is 1.73 bits per heavy atom. The Balaban J connectivity index is 2.13. The van der Waals surface area contributed by atoms with Crippen molar-refractivity contribution in [1.29, 1.82) is 0 Å². The zero-order valence-electron chi connectivity index (χ0n) is 7.21. The van der Waals surface area contributed by atoms with E-state index in [9.17, 15) is 5.11 Å². The van der Waals surface area contributed by atoms with Crippen LogP contribution in [0.5, 0.6) is 0 Å². The molecule has 0 saturated carbocycles. The molecule has 64 valence electrons. The average Bonchev–Trinajstić information content (AvgIpc) is 2.31.